The van der Waals surface area contributed by atoms with Crippen molar-refractivity contribution in [2.24, 2.45) is 11.8 Å². The zero-order valence-electron chi connectivity index (χ0n) is 11.8. The summed E-state index contributed by atoms with van der Waals surface area (Å²) in [6.45, 7) is 7.00. The first-order valence-electron chi connectivity index (χ1n) is 6.71. The van der Waals surface area contributed by atoms with Crippen molar-refractivity contribution in [1.29, 1.82) is 0 Å². The normalized spacial score (nSPS) is 15.7. The number of nitrogen functional groups attached to an aromatic ring is 1. The van der Waals surface area contributed by atoms with Crippen LogP contribution in [0.3, 0.4) is 0 Å². The van der Waals surface area contributed by atoms with Crippen LogP contribution in [-0.4, -0.2) is 12.5 Å². The van der Waals surface area contributed by atoms with E-state index in [0.29, 0.717) is 5.92 Å². The van der Waals surface area contributed by atoms with Crippen LogP contribution >= 0.6 is 12.4 Å². The van der Waals surface area contributed by atoms with Gasteiger partial charge in [0.05, 0.1) is 0 Å². The summed E-state index contributed by atoms with van der Waals surface area (Å²) in [7, 11) is 0. The van der Waals surface area contributed by atoms with Crippen molar-refractivity contribution < 1.29 is 4.79 Å². The maximum Gasteiger partial charge on any atom is 0.230 e. The largest absolute Gasteiger partial charge is 0.398 e. The predicted octanol–water partition coefficient (Wildman–Crippen LogP) is 3.26. The molecule has 0 aliphatic carbocycles. The van der Waals surface area contributed by atoms with Crippen LogP contribution in [0.5, 0.6) is 0 Å². The number of carbonyl (C=O) groups excluding carboxylic acids is 1. The Morgan fingerprint density at radius 3 is 2.63 bits per heavy atom. The predicted molar refractivity (Wildman–Crippen MR) is 82.8 cm³/mol. The SMILES string of the molecule is CC(C)C(C)C(=O)N1CCCc2c(N)cccc21.Cl. The Balaban J connectivity index is 0.00000180. The van der Waals surface area contributed by atoms with Crippen LogP contribution < -0.4 is 10.6 Å². The van der Waals surface area contributed by atoms with Gasteiger partial charge in [0, 0.05) is 23.8 Å². The van der Waals surface area contributed by atoms with Crippen molar-refractivity contribution in [3.63, 3.8) is 0 Å². The van der Waals surface area contributed by atoms with Gasteiger partial charge in [-0.15, -0.1) is 12.4 Å². The Hall–Kier alpha value is -1.22. The van der Waals surface area contributed by atoms with Gasteiger partial charge in [0.1, 0.15) is 0 Å². The van der Waals surface area contributed by atoms with E-state index in [1.54, 1.807) is 0 Å². The fourth-order valence-electron chi connectivity index (χ4n) is 2.41. The standard InChI is InChI=1S/C15H22N2O.ClH/c1-10(2)11(3)15(18)17-9-5-6-12-13(16)7-4-8-14(12)17;/h4,7-8,10-11H,5-6,9,16H2,1-3H3;1H. The number of nitrogens with zero attached hydrogens (tertiary/aromatic N) is 1. The molecule has 0 fully saturated rings. The van der Waals surface area contributed by atoms with E-state index in [1.165, 1.54) is 0 Å². The Bertz CT molecular complexity index is 459. The smallest absolute Gasteiger partial charge is 0.230 e. The summed E-state index contributed by atoms with van der Waals surface area (Å²) < 4.78 is 0. The van der Waals surface area contributed by atoms with Crippen LogP contribution in [-0.2, 0) is 11.2 Å². The molecule has 19 heavy (non-hydrogen) atoms. The molecule has 1 atom stereocenters. The first kappa shape index (κ1) is 15.8. The van der Waals surface area contributed by atoms with Crippen LogP contribution in [0, 0.1) is 11.8 Å². The van der Waals surface area contributed by atoms with Gasteiger partial charge in [0.2, 0.25) is 5.91 Å². The van der Waals surface area contributed by atoms with Crippen LogP contribution in [0.4, 0.5) is 11.4 Å². The van der Waals surface area contributed by atoms with Crippen molar-refractivity contribution in [3.8, 4) is 0 Å². The Kier molecular flexibility index (Phi) is 5.24. The summed E-state index contributed by atoms with van der Waals surface area (Å²) in [6.07, 6.45) is 1.97. The van der Waals surface area contributed by atoms with Gasteiger partial charge in [-0.3, -0.25) is 4.79 Å². The molecule has 1 aromatic carbocycles. The van der Waals surface area contributed by atoms with Crippen molar-refractivity contribution in [2.45, 2.75) is 33.6 Å². The molecule has 2 rings (SSSR count). The lowest BCUT2D eigenvalue weighted by molar-refractivity contribution is -0.123. The number of amides is 1. The van der Waals surface area contributed by atoms with E-state index in [9.17, 15) is 4.79 Å². The first-order chi connectivity index (χ1) is 8.52. The molecule has 3 nitrogen and oxygen atoms in total. The van der Waals surface area contributed by atoms with Gasteiger partial charge in [-0.1, -0.05) is 26.8 Å². The molecule has 0 saturated carbocycles. The average Bonchev–Trinajstić information content (AvgIpc) is 2.37. The number of rotatable bonds is 2. The van der Waals surface area contributed by atoms with E-state index in [2.05, 4.69) is 13.8 Å². The molecule has 0 bridgehead atoms. The number of hydrogen-bond donors (Lipinski definition) is 1. The summed E-state index contributed by atoms with van der Waals surface area (Å²) in [5.41, 5.74) is 8.95. The van der Waals surface area contributed by atoms with Gasteiger partial charge in [-0.2, -0.15) is 0 Å². The molecule has 0 aromatic heterocycles. The second-order valence-electron chi connectivity index (χ2n) is 5.47. The fraction of sp³-hybridized carbons (Fsp3) is 0.533. The Morgan fingerprint density at radius 1 is 1.32 bits per heavy atom. The van der Waals surface area contributed by atoms with Gasteiger partial charge >= 0.3 is 0 Å². The number of carbonyl (C=O) groups is 1. The van der Waals surface area contributed by atoms with E-state index < -0.39 is 0 Å². The molecule has 1 unspecified atom stereocenters. The second kappa shape index (κ2) is 6.29. The van der Waals surface area contributed by atoms with Crippen LogP contribution in [0.25, 0.3) is 0 Å². The number of halogens is 1. The number of nitrogens with two attached hydrogens (primary N) is 1. The van der Waals surface area contributed by atoms with Crippen LogP contribution in [0.2, 0.25) is 0 Å². The summed E-state index contributed by atoms with van der Waals surface area (Å²) in [6, 6.07) is 5.86. The monoisotopic (exact) mass is 282 g/mol. The third-order valence-electron chi connectivity index (χ3n) is 3.94. The molecule has 1 aliphatic rings. The molecule has 1 aromatic rings. The zero-order valence-corrected chi connectivity index (χ0v) is 12.7. The van der Waals surface area contributed by atoms with Gasteiger partial charge in [-0.05, 0) is 36.5 Å². The summed E-state index contributed by atoms with van der Waals surface area (Å²) in [5.74, 6) is 0.637. The molecule has 0 radical (unpaired) electrons. The van der Waals surface area contributed by atoms with Gasteiger partial charge in [-0.25, -0.2) is 0 Å². The molecule has 0 spiro atoms. The molecule has 4 heteroatoms. The molecule has 1 amide bonds. The molecule has 1 heterocycles. The van der Waals surface area contributed by atoms with E-state index in [-0.39, 0.29) is 24.2 Å². The molecular formula is C15H23ClN2O. The van der Waals surface area contributed by atoms with Crippen molar-refractivity contribution in [1.82, 2.24) is 0 Å². The second-order valence-corrected chi connectivity index (χ2v) is 5.47. The van der Waals surface area contributed by atoms with E-state index >= 15 is 0 Å². The maximum atomic E-state index is 12.5. The summed E-state index contributed by atoms with van der Waals surface area (Å²) in [4.78, 5) is 14.4. The van der Waals surface area contributed by atoms with E-state index in [4.69, 9.17) is 5.73 Å². The number of anilines is 2. The highest BCUT2D eigenvalue weighted by molar-refractivity contribution is 5.96. The third-order valence-corrected chi connectivity index (χ3v) is 3.94. The van der Waals surface area contributed by atoms with Gasteiger partial charge < -0.3 is 10.6 Å². The minimum Gasteiger partial charge on any atom is -0.398 e. The first-order valence-corrected chi connectivity index (χ1v) is 6.71. The highest BCUT2D eigenvalue weighted by Gasteiger charge is 2.28. The number of fused-ring (bicyclic) bond motifs is 1. The van der Waals surface area contributed by atoms with Crippen molar-refractivity contribution >= 4 is 29.7 Å². The minimum atomic E-state index is 0. The number of benzene rings is 1. The lowest BCUT2D eigenvalue weighted by Crippen LogP contribution is -2.40. The maximum absolute atomic E-state index is 12.5. The van der Waals surface area contributed by atoms with Crippen molar-refractivity contribution in [2.75, 3.05) is 17.2 Å². The van der Waals surface area contributed by atoms with E-state index in [0.717, 1.165) is 36.3 Å². The molecule has 0 saturated heterocycles. The third kappa shape index (κ3) is 3.03. The van der Waals surface area contributed by atoms with Crippen LogP contribution in [0.1, 0.15) is 32.8 Å². The highest BCUT2D eigenvalue weighted by atomic mass is 35.5. The zero-order chi connectivity index (χ0) is 13.3. The highest BCUT2D eigenvalue weighted by Crippen LogP contribution is 2.32. The lowest BCUT2D eigenvalue weighted by Gasteiger charge is -2.33. The van der Waals surface area contributed by atoms with E-state index in [1.807, 2.05) is 30.0 Å². The lowest BCUT2D eigenvalue weighted by atomic mass is 9.93. The topological polar surface area (TPSA) is 46.3 Å². The van der Waals surface area contributed by atoms with Crippen LogP contribution in [0.15, 0.2) is 18.2 Å². The molecular weight excluding hydrogens is 260 g/mol. The fourth-order valence-corrected chi connectivity index (χ4v) is 2.41. The molecule has 106 valence electrons. The summed E-state index contributed by atoms with van der Waals surface area (Å²) >= 11 is 0. The van der Waals surface area contributed by atoms with Gasteiger partial charge in [0.25, 0.3) is 0 Å². The van der Waals surface area contributed by atoms with Crippen molar-refractivity contribution in [3.05, 3.63) is 23.8 Å². The minimum absolute atomic E-state index is 0. The quantitative estimate of drug-likeness (QED) is 0.846. The Morgan fingerprint density at radius 2 is 2.00 bits per heavy atom. The van der Waals surface area contributed by atoms with Gasteiger partial charge in [0.15, 0.2) is 0 Å². The average molecular weight is 283 g/mol. The Labute approximate surface area is 121 Å². The number of hydrogen-bond acceptors (Lipinski definition) is 2. The summed E-state index contributed by atoms with van der Waals surface area (Å²) in [5, 5.41) is 0. The molecule has 1 aliphatic heterocycles. The molecule has 2 N–H and O–H groups in total.